The second-order valence-corrected chi connectivity index (χ2v) is 6.41. The van der Waals surface area contributed by atoms with Crippen LogP contribution >= 0.6 is 11.3 Å². The number of nitrogens with one attached hydrogen (secondary N) is 1. The van der Waals surface area contributed by atoms with E-state index in [-0.39, 0.29) is 5.69 Å². The highest BCUT2D eigenvalue weighted by Crippen LogP contribution is 2.36. The second kappa shape index (κ2) is 5.62. The van der Waals surface area contributed by atoms with Crippen LogP contribution in [0.4, 0.5) is 15.8 Å². The maximum Gasteiger partial charge on any atom is 0.268 e. The molecule has 1 aromatic carbocycles. The molecule has 0 fully saturated rings. The molecule has 0 aliphatic rings. The van der Waals surface area contributed by atoms with Gasteiger partial charge in [-0.1, -0.05) is 12.1 Å². The minimum atomic E-state index is -0.485. The van der Waals surface area contributed by atoms with Crippen molar-refractivity contribution in [3.8, 4) is 0 Å². The number of aromatic nitrogens is 1. The van der Waals surface area contributed by atoms with Gasteiger partial charge in [0.1, 0.15) is 15.5 Å². The van der Waals surface area contributed by atoms with Crippen molar-refractivity contribution in [3.63, 3.8) is 0 Å². The molecule has 118 valence electrons. The van der Waals surface area contributed by atoms with Crippen LogP contribution in [-0.2, 0) is 0 Å². The van der Waals surface area contributed by atoms with Crippen molar-refractivity contribution < 1.29 is 9.18 Å². The Hall–Kier alpha value is -2.47. The lowest BCUT2D eigenvalue weighted by molar-refractivity contribution is 0.103. The Kier molecular flexibility index (Phi) is 3.77. The maximum atomic E-state index is 13.7. The van der Waals surface area contributed by atoms with Gasteiger partial charge in [-0.3, -0.25) is 4.79 Å². The Morgan fingerprint density at radius 3 is 2.61 bits per heavy atom. The molecule has 23 heavy (non-hydrogen) atoms. The third-order valence-corrected chi connectivity index (χ3v) is 5.10. The van der Waals surface area contributed by atoms with E-state index in [4.69, 9.17) is 5.73 Å². The van der Waals surface area contributed by atoms with Crippen molar-refractivity contribution in [2.24, 2.45) is 0 Å². The minimum absolute atomic E-state index is 0.131. The standard InChI is InChI=1S/C17H16FN3OS/c1-8-9(2)13-14(19)15(23-17(13)20-10(8)3)16(22)21-12-7-5-4-6-11(12)18/h4-7H,19H2,1-3H3,(H,21,22). The molecule has 0 spiro atoms. The highest BCUT2D eigenvalue weighted by atomic mass is 32.1. The molecule has 2 heterocycles. The number of benzene rings is 1. The highest BCUT2D eigenvalue weighted by molar-refractivity contribution is 7.21. The molecule has 0 saturated carbocycles. The van der Waals surface area contributed by atoms with Crippen LogP contribution in [0.5, 0.6) is 0 Å². The summed E-state index contributed by atoms with van der Waals surface area (Å²) in [5.41, 5.74) is 9.69. The Morgan fingerprint density at radius 2 is 1.91 bits per heavy atom. The number of fused-ring (bicyclic) bond motifs is 1. The molecule has 3 aromatic rings. The third-order valence-electron chi connectivity index (χ3n) is 4.00. The predicted octanol–water partition coefficient (Wildman–Crippen LogP) is 4.20. The Bertz CT molecular complexity index is 933. The summed E-state index contributed by atoms with van der Waals surface area (Å²) in [7, 11) is 0. The molecule has 3 rings (SSSR count). The number of hydrogen-bond acceptors (Lipinski definition) is 4. The molecule has 0 unspecified atom stereocenters. The Morgan fingerprint density at radius 1 is 1.22 bits per heavy atom. The summed E-state index contributed by atoms with van der Waals surface area (Å²) in [5.74, 6) is -0.910. The van der Waals surface area contributed by atoms with Crippen molar-refractivity contribution in [1.29, 1.82) is 0 Å². The fourth-order valence-electron chi connectivity index (χ4n) is 2.48. The number of nitrogens with two attached hydrogens (primary N) is 1. The number of carbonyl (C=O) groups excluding carboxylic acids is 1. The first-order valence-corrected chi connectivity index (χ1v) is 7.93. The van der Waals surface area contributed by atoms with Crippen molar-refractivity contribution in [1.82, 2.24) is 4.98 Å². The van der Waals surface area contributed by atoms with Gasteiger partial charge in [0.25, 0.3) is 5.91 Å². The molecule has 0 radical (unpaired) electrons. The van der Waals surface area contributed by atoms with Gasteiger partial charge in [0.2, 0.25) is 0 Å². The number of anilines is 2. The average molecular weight is 329 g/mol. The highest BCUT2D eigenvalue weighted by Gasteiger charge is 2.20. The second-order valence-electron chi connectivity index (χ2n) is 5.41. The lowest BCUT2D eigenvalue weighted by atomic mass is 10.1. The van der Waals surface area contributed by atoms with Crippen LogP contribution in [0.1, 0.15) is 26.5 Å². The SMILES string of the molecule is Cc1nc2sc(C(=O)Nc3ccccc3F)c(N)c2c(C)c1C. The lowest BCUT2D eigenvalue weighted by Gasteiger charge is -2.06. The molecule has 1 amide bonds. The molecule has 0 bridgehead atoms. The monoisotopic (exact) mass is 329 g/mol. The van der Waals surface area contributed by atoms with Gasteiger partial charge in [-0.25, -0.2) is 9.37 Å². The average Bonchev–Trinajstić information content (AvgIpc) is 2.84. The zero-order valence-electron chi connectivity index (χ0n) is 13.0. The van der Waals surface area contributed by atoms with E-state index in [1.807, 2.05) is 20.8 Å². The molecule has 0 aliphatic heterocycles. The Labute approximate surface area is 137 Å². The van der Waals surface area contributed by atoms with Crippen molar-refractivity contribution in [3.05, 3.63) is 51.8 Å². The van der Waals surface area contributed by atoms with Crippen LogP contribution in [-0.4, -0.2) is 10.9 Å². The summed E-state index contributed by atoms with van der Waals surface area (Å²) in [4.78, 5) is 18.0. The summed E-state index contributed by atoms with van der Waals surface area (Å²) in [6, 6.07) is 6.03. The first-order chi connectivity index (χ1) is 10.9. The zero-order valence-corrected chi connectivity index (χ0v) is 13.8. The van der Waals surface area contributed by atoms with Gasteiger partial charge in [-0.05, 0) is 44.0 Å². The van der Waals surface area contributed by atoms with E-state index in [1.165, 1.54) is 23.5 Å². The number of nitrogens with zero attached hydrogens (tertiary/aromatic N) is 1. The topological polar surface area (TPSA) is 68.0 Å². The van der Waals surface area contributed by atoms with Gasteiger partial charge in [0.15, 0.2) is 0 Å². The summed E-state index contributed by atoms with van der Waals surface area (Å²) >= 11 is 1.22. The summed E-state index contributed by atoms with van der Waals surface area (Å²) in [6.45, 7) is 5.87. The van der Waals surface area contributed by atoms with Crippen LogP contribution in [0.3, 0.4) is 0 Å². The van der Waals surface area contributed by atoms with Gasteiger partial charge in [-0.2, -0.15) is 0 Å². The van der Waals surface area contributed by atoms with Gasteiger partial charge in [0, 0.05) is 11.1 Å². The molecule has 3 N–H and O–H groups in total. The van der Waals surface area contributed by atoms with E-state index >= 15 is 0 Å². The number of para-hydroxylation sites is 1. The molecule has 0 atom stereocenters. The largest absolute Gasteiger partial charge is 0.397 e. The number of rotatable bonds is 2. The summed E-state index contributed by atoms with van der Waals surface area (Å²) < 4.78 is 13.7. The van der Waals surface area contributed by atoms with Gasteiger partial charge in [0.05, 0.1) is 11.4 Å². The fraction of sp³-hybridized carbons (Fsp3) is 0.176. The van der Waals surface area contributed by atoms with E-state index in [2.05, 4.69) is 10.3 Å². The molecule has 0 saturated heterocycles. The minimum Gasteiger partial charge on any atom is -0.397 e. The molecule has 6 heteroatoms. The van der Waals surface area contributed by atoms with E-state index < -0.39 is 11.7 Å². The van der Waals surface area contributed by atoms with Crippen LogP contribution in [0, 0.1) is 26.6 Å². The molecular weight excluding hydrogens is 313 g/mol. The van der Waals surface area contributed by atoms with E-state index in [0.717, 1.165) is 27.0 Å². The van der Waals surface area contributed by atoms with Crippen LogP contribution in [0.15, 0.2) is 24.3 Å². The van der Waals surface area contributed by atoms with E-state index in [0.29, 0.717) is 10.6 Å². The molecular formula is C17H16FN3OS. The number of nitrogen functional groups attached to an aromatic ring is 1. The third kappa shape index (κ3) is 2.55. The first kappa shape index (κ1) is 15.4. The number of carbonyl (C=O) groups is 1. The number of aryl methyl sites for hydroxylation is 2. The van der Waals surface area contributed by atoms with E-state index in [1.54, 1.807) is 12.1 Å². The predicted molar refractivity (Wildman–Crippen MR) is 92.6 cm³/mol. The van der Waals surface area contributed by atoms with Gasteiger partial charge < -0.3 is 11.1 Å². The first-order valence-electron chi connectivity index (χ1n) is 7.11. The summed E-state index contributed by atoms with van der Waals surface area (Å²) in [5, 5.41) is 3.37. The van der Waals surface area contributed by atoms with Gasteiger partial charge >= 0.3 is 0 Å². The Balaban J connectivity index is 2.07. The van der Waals surface area contributed by atoms with Crippen molar-refractivity contribution in [2.75, 3.05) is 11.1 Å². The normalized spacial score (nSPS) is 11.0. The summed E-state index contributed by atoms with van der Waals surface area (Å²) in [6.07, 6.45) is 0. The van der Waals surface area contributed by atoms with Crippen LogP contribution < -0.4 is 11.1 Å². The van der Waals surface area contributed by atoms with Gasteiger partial charge in [-0.15, -0.1) is 11.3 Å². The van der Waals surface area contributed by atoms with Crippen molar-refractivity contribution >= 4 is 38.8 Å². The number of halogens is 1. The number of hydrogen-bond donors (Lipinski definition) is 2. The molecule has 0 aliphatic carbocycles. The van der Waals surface area contributed by atoms with Crippen LogP contribution in [0.2, 0.25) is 0 Å². The van der Waals surface area contributed by atoms with Crippen LogP contribution in [0.25, 0.3) is 10.2 Å². The van der Waals surface area contributed by atoms with E-state index in [9.17, 15) is 9.18 Å². The number of thiophene rings is 1. The number of pyridine rings is 1. The zero-order chi connectivity index (χ0) is 16.7. The smallest absolute Gasteiger partial charge is 0.268 e. The maximum absolute atomic E-state index is 13.7. The molecule has 2 aromatic heterocycles. The fourth-order valence-corrected chi connectivity index (χ4v) is 3.57. The quantitative estimate of drug-likeness (QED) is 0.740. The number of amides is 1. The molecule has 4 nitrogen and oxygen atoms in total. The van der Waals surface area contributed by atoms with Crippen molar-refractivity contribution in [2.45, 2.75) is 20.8 Å². The lowest BCUT2D eigenvalue weighted by Crippen LogP contribution is -2.13.